The number of ether oxygens (including phenoxy) is 3. The second-order valence-electron chi connectivity index (χ2n) is 19.9. The highest BCUT2D eigenvalue weighted by Gasteiger charge is 2.19. The zero-order valence-corrected chi connectivity index (χ0v) is 45.8. The second-order valence-corrected chi connectivity index (χ2v) is 19.9. The van der Waals surface area contributed by atoms with Crippen molar-refractivity contribution in [1.82, 2.24) is 0 Å². The number of carbonyl (C=O) groups excluding carboxylic acids is 3. The lowest BCUT2D eigenvalue weighted by Gasteiger charge is -2.18. The molecular weight excluding hydrogens is 853 g/mol. The number of esters is 3. The van der Waals surface area contributed by atoms with Crippen molar-refractivity contribution < 1.29 is 28.6 Å². The highest BCUT2D eigenvalue weighted by atomic mass is 16.6. The molecule has 0 bridgehead atoms. The smallest absolute Gasteiger partial charge is 0.306 e. The van der Waals surface area contributed by atoms with Gasteiger partial charge < -0.3 is 14.2 Å². The van der Waals surface area contributed by atoms with E-state index < -0.39 is 6.10 Å². The topological polar surface area (TPSA) is 78.9 Å². The van der Waals surface area contributed by atoms with Gasteiger partial charge in [0, 0.05) is 19.3 Å². The Hall–Kier alpha value is -2.89. The quantitative estimate of drug-likeness (QED) is 0.0262. The van der Waals surface area contributed by atoms with Crippen LogP contribution >= 0.6 is 0 Å². The van der Waals surface area contributed by atoms with Crippen LogP contribution in [-0.2, 0) is 28.6 Å². The molecule has 0 aliphatic heterocycles. The highest BCUT2D eigenvalue weighted by Crippen LogP contribution is 2.17. The average molecular weight is 966 g/mol. The van der Waals surface area contributed by atoms with Gasteiger partial charge in [-0.2, -0.15) is 0 Å². The summed E-state index contributed by atoms with van der Waals surface area (Å²) in [6.07, 6.45) is 72.1. The molecule has 0 N–H and O–H groups in total. The minimum Gasteiger partial charge on any atom is -0.462 e. The van der Waals surface area contributed by atoms with Crippen LogP contribution in [-0.4, -0.2) is 37.2 Å². The first-order valence-corrected chi connectivity index (χ1v) is 29.8. The SMILES string of the molecule is CC/C=C/C/C=C/C/C=C/CCCCCCCC(=O)OC[C@H](COC(=O)CCCCCCCCCCCCCCCCCCCCC)OC(=O)CCCCCCCCC/C=C/C/C=C/CCCCC. The number of allylic oxidation sites excluding steroid dienone is 10. The van der Waals surface area contributed by atoms with E-state index in [0.29, 0.717) is 19.3 Å². The number of hydrogen-bond acceptors (Lipinski definition) is 6. The van der Waals surface area contributed by atoms with Crippen molar-refractivity contribution in [3.05, 3.63) is 60.8 Å². The Bertz CT molecular complexity index is 1250. The first kappa shape index (κ1) is 66.1. The van der Waals surface area contributed by atoms with Crippen molar-refractivity contribution in [2.75, 3.05) is 13.2 Å². The first-order valence-electron chi connectivity index (χ1n) is 29.8. The number of hydrogen-bond donors (Lipinski definition) is 0. The minimum atomic E-state index is -0.784. The summed E-state index contributed by atoms with van der Waals surface area (Å²) in [5, 5.41) is 0. The molecule has 0 unspecified atom stereocenters. The van der Waals surface area contributed by atoms with Gasteiger partial charge >= 0.3 is 17.9 Å². The summed E-state index contributed by atoms with van der Waals surface area (Å²) in [5.74, 6) is -0.892. The van der Waals surface area contributed by atoms with Gasteiger partial charge in [0.25, 0.3) is 0 Å². The third-order valence-corrected chi connectivity index (χ3v) is 13.0. The molecule has 0 spiro atoms. The summed E-state index contributed by atoms with van der Waals surface area (Å²) >= 11 is 0. The molecule has 0 aliphatic rings. The molecule has 0 amide bonds. The fourth-order valence-corrected chi connectivity index (χ4v) is 8.55. The molecule has 6 heteroatoms. The molecule has 0 aliphatic carbocycles. The van der Waals surface area contributed by atoms with Gasteiger partial charge in [0.2, 0.25) is 0 Å². The van der Waals surface area contributed by atoms with Crippen molar-refractivity contribution in [1.29, 1.82) is 0 Å². The largest absolute Gasteiger partial charge is 0.462 e. The van der Waals surface area contributed by atoms with Crippen molar-refractivity contribution in [2.24, 2.45) is 0 Å². The van der Waals surface area contributed by atoms with E-state index in [0.717, 1.165) is 109 Å². The molecule has 0 rings (SSSR count). The highest BCUT2D eigenvalue weighted by molar-refractivity contribution is 5.71. The van der Waals surface area contributed by atoms with E-state index >= 15 is 0 Å². The van der Waals surface area contributed by atoms with Crippen LogP contribution in [0.3, 0.4) is 0 Å². The van der Waals surface area contributed by atoms with E-state index in [9.17, 15) is 14.4 Å². The molecule has 0 aromatic heterocycles. The van der Waals surface area contributed by atoms with Gasteiger partial charge in [-0.05, 0) is 83.5 Å². The van der Waals surface area contributed by atoms with Crippen LogP contribution in [0.15, 0.2) is 60.8 Å². The van der Waals surface area contributed by atoms with Crippen LogP contribution in [0.1, 0.15) is 303 Å². The van der Waals surface area contributed by atoms with Crippen LogP contribution < -0.4 is 0 Å². The zero-order valence-electron chi connectivity index (χ0n) is 45.8. The van der Waals surface area contributed by atoms with Crippen molar-refractivity contribution in [3.63, 3.8) is 0 Å². The number of unbranched alkanes of at least 4 members (excludes halogenated alkanes) is 33. The van der Waals surface area contributed by atoms with E-state index in [1.807, 2.05) is 0 Å². The molecule has 0 aromatic carbocycles. The van der Waals surface area contributed by atoms with Crippen LogP contribution in [0, 0.1) is 0 Å². The lowest BCUT2D eigenvalue weighted by molar-refractivity contribution is -0.167. The minimum absolute atomic E-state index is 0.0804. The van der Waals surface area contributed by atoms with E-state index in [2.05, 4.69) is 81.5 Å². The van der Waals surface area contributed by atoms with Gasteiger partial charge in [-0.25, -0.2) is 0 Å². The first-order chi connectivity index (χ1) is 34.0. The van der Waals surface area contributed by atoms with E-state index in [1.54, 1.807) is 0 Å². The third-order valence-electron chi connectivity index (χ3n) is 13.0. The lowest BCUT2D eigenvalue weighted by atomic mass is 10.0. The van der Waals surface area contributed by atoms with Crippen LogP contribution in [0.4, 0.5) is 0 Å². The molecule has 1 atom stereocenters. The Kier molecular flexibility index (Phi) is 55.3. The van der Waals surface area contributed by atoms with Crippen molar-refractivity contribution in [3.8, 4) is 0 Å². The van der Waals surface area contributed by atoms with Gasteiger partial charge in [-0.1, -0.05) is 261 Å². The molecule has 400 valence electrons. The van der Waals surface area contributed by atoms with Gasteiger partial charge in [0.05, 0.1) is 0 Å². The fourth-order valence-electron chi connectivity index (χ4n) is 8.55. The second kappa shape index (κ2) is 57.7. The molecule has 0 saturated carbocycles. The van der Waals surface area contributed by atoms with Gasteiger partial charge in [0.1, 0.15) is 13.2 Å². The summed E-state index contributed by atoms with van der Waals surface area (Å²) in [7, 11) is 0. The molecule has 69 heavy (non-hydrogen) atoms. The molecule has 0 fully saturated rings. The van der Waals surface area contributed by atoms with Crippen molar-refractivity contribution >= 4 is 17.9 Å². The molecule has 0 saturated heterocycles. The van der Waals surface area contributed by atoms with Gasteiger partial charge in [-0.3, -0.25) is 14.4 Å². The van der Waals surface area contributed by atoms with Crippen LogP contribution in [0.2, 0.25) is 0 Å². The molecule has 0 heterocycles. The summed E-state index contributed by atoms with van der Waals surface area (Å²) in [5.41, 5.74) is 0. The normalized spacial score (nSPS) is 12.4. The Balaban J connectivity index is 4.37. The maximum Gasteiger partial charge on any atom is 0.306 e. The van der Waals surface area contributed by atoms with Gasteiger partial charge in [0.15, 0.2) is 6.10 Å². The van der Waals surface area contributed by atoms with E-state index in [-0.39, 0.29) is 31.1 Å². The maximum atomic E-state index is 12.9. The Morgan fingerprint density at radius 2 is 0.565 bits per heavy atom. The van der Waals surface area contributed by atoms with Crippen LogP contribution in [0.25, 0.3) is 0 Å². The monoisotopic (exact) mass is 965 g/mol. The Labute approximate surface area is 428 Å². The molecule has 6 nitrogen and oxygen atoms in total. The average Bonchev–Trinajstić information content (AvgIpc) is 3.35. The Morgan fingerprint density at radius 1 is 0.304 bits per heavy atom. The Morgan fingerprint density at radius 3 is 0.913 bits per heavy atom. The van der Waals surface area contributed by atoms with Crippen LogP contribution in [0.5, 0.6) is 0 Å². The molecule has 0 aromatic rings. The van der Waals surface area contributed by atoms with E-state index in [1.165, 1.54) is 154 Å². The van der Waals surface area contributed by atoms with Crippen molar-refractivity contribution in [2.45, 2.75) is 309 Å². The summed E-state index contributed by atoms with van der Waals surface area (Å²) in [6.45, 7) is 6.52. The van der Waals surface area contributed by atoms with Gasteiger partial charge in [-0.15, -0.1) is 0 Å². The molecule has 0 radical (unpaired) electrons. The third kappa shape index (κ3) is 55.9. The number of rotatable bonds is 54. The maximum absolute atomic E-state index is 12.9. The fraction of sp³-hybridized carbons (Fsp3) is 0.794. The zero-order chi connectivity index (χ0) is 50.0. The summed E-state index contributed by atoms with van der Waals surface area (Å²) < 4.78 is 16.9. The predicted octanol–water partition coefficient (Wildman–Crippen LogP) is 20.0. The predicted molar refractivity (Wildman–Crippen MR) is 298 cm³/mol. The summed E-state index contributed by atoms with van der Waals surface area (Å²) in [6, 6.07) is 0. The number of carbonyl (C=O) groups is 3. The molecular formula is C63H112O6. The summed E-state index contributed by atoms with van der Waals surface area (Å²) in [4.78, 5) is 38.2. The lowest BCUT2D eigenvalue weighted by Crippen LogP contribution is -2.30. The van der Waals surface area contributed by atoms with E-state index in [4.69, 9.17) is 14.2 Å². The standard InChI is InChI=1S/C63H112O6/c1-4-7-10-13-16-19-22-25-28-30-31-33-35-38-41-44-47-50-53-56-62(65)68-59-60(58-67-61(64)55-52-49-46-43-40-37-34-27-24-21-18-15-12-9-6-3)69-63(66)57-54-51-48-45-42-39-36-32-29-26-23-20-17-14-11-8-5-2/h9,12,17-18,20-21,26-27,29,34,60H,4-8,10-11,13-16,19,22-25,28,30-33,35-59H2,1-3H3/b12-9+,20-17+,21-18+,29-26+,34-27+/t60-/m1/s1.